The molecule has 0 aliphatic carbocycles. The van der Waals surface area contributed by atoms with E-state index in [2.05, 4.69) is 10.1 Å². The Kier molecular flexibility index (Phi) is 2.60. The van der Waals surface area contributed by atoms with Gasteiger partial charge in [0.25, 0.3) is 0 Å². The summed E-state index contributed by atoms with van der Waals surface area (Å²) >= 11 is 0. The van der Waals surface area contributed by atoms with Crippen LogP contribution in [0.5, 0.6) is 0 Å². The van der Waals surface area contributed by atoms with Gasteiger partial charge in [0.15, 0.2) is 5.82 Å². The van der Waals surface area contributed by atoms with Crippen LogP contribution in [0.4, 0.5) is 17.6 Å². The molecule has 0 saturated carbocycles. The van der Waals surface area contributed by atoms with E-state index in [1.165, 1.54) is 13.0 Å². The summed E-state index contributed by atoms with van der Waals surface area (Å²) in [6.45, 7) is 1.43. The molecule has 3 nitrogen and oxygen atoms in total. The van der Waals surface area contributed by atoms with E-state index in [1.807, 2.05) is 0 Å². The summed E-state index contributed by atoms with van der Waals surface area (Å²) in [5.41, 5.74) is -0.807. The molecule has 2 rings (SSSR count). The predicted molar refractivity (Wildman–Crippen MR) is 51.1 cm³/mol. The van der Waals surface area contributed by atoms with E-state index in [0.717, 1.165) is 23.1 Å². The third kappa shape index (κ3) is 2.27. The fourth-order valence-corrected chi connectivity index (χ4v) is 1.29. The van der Waals surface area contributed by atoms with Gasteiger partial charge >= 0.3 is 6.18 Å². The van der Waals surface area contributed by atoms with Gasteiger partial charge < -0.3 is 0 Å². The first-order chi connectivity index (χ1) is 7.88. The maximum atomic E-state index is 13.0. The van der Waals surface area contributed by atoms with Gasteiger partial charge in [0, 0.05) is 6.20 Å². The lowest BCUT2D eigenvalue weighted by Gasteiger charge is -2.07. The number of hydrogen-bond acceptors (Lipinski definition) is 2. The maximum absolute atomic E-state index is 13.0. The highest BCUT2D eigenvalue weighted by Crippen LogP contribution is 2.28. The number of aromatic nitrogens is 3. The van der Waals surface area contributed by atoms with Crippen LogP contribution in [0.1, 0.15) is 11.4 Å². The van der Waals surface area contributed by atoms with E-state index in [0.29, 0.717) is 0 Å². The highest BCUT2D eigenvalue weighted by Gasteiger charge is 2.32. The van der Waals surface area contributed by atoms with Crippen LogP contribution in [0.15, 0.2) is 24.5 Å². The number of nitrogens with zero attached hydrogens (tertiary/aromatic N) is 3. The highest BCUT2D eigenvalue weighted by atomic mass is 19.4. The first-order valence-corrected chi connectivity index (χ1v) is 4.63. The normalized spacial score (nSPS) is 11.8. The quantitative estimate of drug-likeness (QED) is 0.723. The lowest BCUT2D eigenvalue weighted by Crippen LogP contribution is -2.09. The zero-order valence-corrected chi connectivity index (χ0v) is 8.66. The molecule has 0 aliphatic heterocycles. The van der Waals surface area contributed by atoms with Crippen molar-refractivity contribution in [1.82, 2.24) is 14.8 Å². The van der Waals surface area contributed by atoms with Crippen LogP contribution in [-0.2, 0) is 6.18 Å². The molecule has 90 valence electrons. The molecule has 0 N–H and O–H groups in total. The first kappa shape index (κ1) is 11.6. The first-order valence-electron chi connectivity index (χ1n) is 4.63. The minimum Gasteiger partial charge on any atom is -0.252 e. The van der Waals surface area contributed by atoms with E-state index < -0.39 is 17.7 Å². The fraction of sp³-hybridized carbons (Fsp3) is 0.200. The van der Waals surface area contributed by atoms with Crippen molar-refractivity contribution in [1.29, 1.82) is 0 Å². The smallest absolute Gasteiger partial charge is 0.252 e. The molecule has 0 atom stereocenters. The Hall–Kier alpha value is -1.92. The SMILES string of the molecule is Cc1nn(-c2ccnc(C(F)(F)F)c2)cc1F. The van der Waals surface area contributed by atoms with Crippen molar-refractivity contribution in [3.05, 3.63) is 41.7 Å². The summed E-state index contributed by atoms with van der Waals surface area (Å²) in [6, 6.07) is 2.13. The van der Waals surface area contributed by atoms with Gasteiger partial charge in [0.05, 0.1) is 17.6 Å². The standard InChI is InChI=1S/C10H7F4N3/c1-6-8(11)5-17(16-6)7-2-3-15-9(4-7)10(12,13)14/h2-5H,1H3. The van der Waals surface area contributed by atoms with E-state index in [9.17, 15) is 17.6 Å². The van der Waals surface area contributed by atoms with Crippen LogP contribution in [0.25, 0.3) is 5.69 Å². The van der Waals surface area contributed by atoms with Crippen LogP contribution in [0.3, 0.4) is 0 Å². The number of rotatable bonds is 1. The van der Waals surface area contributed by atoms with Crippen molar-refractivity contribution in [2.24, 2.45) is 0 Å². The molecular weight excluding hydrogens is 238 g/mol. The molecule has 2 aromatic heterocycles. The Bertz CT molecular complexity index is 525. The second-order valence-electron chi connectivity index (χ2n) is 3.40. The minimum atomic E-state index is -4.53. The Labute approximate surface area is 93.7 Å². The van der Waals surface area contributed by atoms with E-state index in [4.69, 9.17) is 0 Å². The van der Waals surface area contributed by atoms with Crippen molar-refractivity contribution in [3.63, 3.8) is 0 Å². The molecule has 0 amide bonds. The highest BCUT2D eigenvalue weighted by molar-refractivity contribution is 5.32. The fourth-order valence-electron chi connectivity index (χ4n) is 1.29. The van der Waals surface area contributed by atoms with Crippen molar-refractivity contribution >= 4 is 0 Å². The van der Waals surface area contributed by atoms with Gasteiger partial charge in [0.1, 0.15) is 5.69 Å². The zero-order chi connectivity index (χ0) is 12.6. The average Bonchev–Trinajstić information content (AvgIpc) is 2.58. The monoisotopic (exact) mass is 245 g/mol. The summed E-state index contributed by atoms with van der Waals surface area (Å²) in [5, 5.41) is 3.75. The Morgan fingerprint density at radius 2 is 2.00 bits per heavy atom. The number of alkyl halides is 3. The molecule has 0 spiro atoms. The molecule has 2 heterocycles. The van der Waals surface area contributed by atoms with Crippen LogP contribution in [0.2, 0.25) is 0 Å². The molecule has 0 bridgehead atoms. The largest absolute Gasteiger partial charge is 0.433 e. The molecule has 7 heteroatoms. The molecule has 0 aromatic carbocycles. The van der Waals surface area contributed by atoms with Crippen LogP contribution >= 0.6 is 0 Å². The van der Waals surface area contributed by atoms with Crippen LogP contribution in [-0.4, -0.2) is 14.8 Å². The van der Waals surface area contributed by atoms with Crippen molar-refractivity contribution < 1.29 is 17.6 Å². The molecule has 2 aromatic rings. The summed E-state index contributed by atoms with van der Waals surface area (Å²) in [4.78, 5) is 3.21. The van der Waals surface area contributed by atoms with Gasteiger partial charge in [-0.1, -0.05) is 0 Å². The number of aryl methyl sites for hydroxylation is 1. The Balaban J connectivity index is 2.47. The average molecular weight is 245 g/mol. The Morgan fingerprint density at radius 1 is 1.29 bits per heavy atom. The van der Waals surface area contributed by atoms with Crippen molar-refractivity contribution in [3.8, 4) is 5.69 Å². The lowest BCUT2D eigenvalue weighted by atomic mass is 10.3. The predicted octanol–water partition coefficient (Wildman–Crippen LogP) is 2.73. The number of halogens is 4. The van der Waals surface area contributed by atoms with Crippen molar-refractivity contribution in [2.75, 3.05) is 0 Å². The van der Waals surface area contributed by atoms with Crippen LogP contribution < -0.4 is 0 Å². The summed E-state index contributed by atoms with van der Waals surface area (Å²) in [7, 11) is 0. The summed E-state index contributed by atoms with van der Waals surface area (Å²) in [5.74, 6) is -0.574. The van der Waals surface area contributed by atoms with Gasteiger partial charge in [-0.25, -0.2) is 9.07 Å². The summed E-state index contributed by atoms with van der Waals surface area (Å²) < 4.78 is 51.3. The van der Waals surface area contributed by atoms with Gasteiger partial charge in [-0.3, -0.25) is 4.98 Å². The Morgan fingerprint density at radius 3 is 2.53 bits per heavy atom. The number of hydrogen-bond donors (Lipinski definition) is 0. The van der Waals surface area contributed by atoms with Gasteiger partial charge in [0.2, 0.25) is 0 Å². The molecule has 0 aliphatic rings. The molecule has 0 saturated heterocycles. The van der Waals surface area contributed by atoms with Crippen LogP contribution in [0, 0.1) is 12.7 Å². The van der Waals surface area contributed by atoms with Gasteiger partial charge in [-0.15, -0.1) is 0 Å². The maximum Gasteiger partial charge on any atom is 0.433 e. The van der Waals surface area contributed by atoms with E-state index in [-0.39, 0.29) is 11.4 Å². The molecular formula is C10H7F4N3. The third-order valence-corrected chi connectivity index (χ3v) is 2.14. The van der Waals surface area contributed by atoms with Crippen molar-refractivity contribution in [2.45, 2.75) is 13.1 Å². The molecule has 0 unspecified atom stereocenters. The van der Waals surface area contributed by atoms with Gasteiger partial charge in [-0.2, -0.15) is 18.3 Å². The summed E-state index contributed by atoms with van der Waals surface area (Å²) in [6.07, 6.45) is -2.51. The van der Waals surface area contributed by atoms with E-state index >= 15 is 0 Å². The lowest BCUT2D eigenvalue weighted by molar-refractivity contribution is -0.141. The minimum absolute atomic E-state index is 0.110. The second kappa shape index (κ2) is 3.83. The second-order valence-corrected chi connectivity index (χ2v) is 3.40. The third-order valence-electron chi connectivity index (χ3n) is 2.14. The molecule has 0 radical (unpaired) electrons. The zero-order valence-electron chi connectivity index (χ0n) is 8.66. The molecule has 0 fully saturated rings. The number of pyridine rings is 1. The van der Waals surface area contributed by atoms with E-state index in [1.54, 1.807) is 0 Å². The molecule has 17 heavy (non-hydrogen) atoms. The topological polar surface area (TPSA) is 30.7 Å². The van der Waals surface area contributed by atoms with Gasteiger partial charge in [-0.05, 0) is 19.1 Å².